The van der Waals surface area contributed by atoms with E-state index >= 15 is 0 Å². The predicted molar refractivity (Wildman–Crippen MR) is 97.8 cm³/mol. The number of methoxy groups -OCH3 is 1. The second-order valence-corrected chi connectivity index (χ2v) is 6.66. The average molecular weight is 358 g/mol. The Bertz CT molecular complexity index is 754. The van der Waals surface area contributed by atoms with Crippen molar-refractivity contribution in [2.24, 2.45) is 0 Å². The number of hydrogen-bond acceptors (Lipinski definition) is 6. The molecule has 8 nitrogen and oxygen atoms in total. The monoisotopic (exact) mass is 358 g/mol. The highest BCUT2D eigenvalue weighted by Gasteiger charge is 2.32. The van der Waals surface area contributed by atoms with E-state index in [2.05, 4.69) is 25.7 Å². The van der Waals surface area contributed by atoms with E-state index in [9.17, 15) is 4.79 Å². The molecule has 1 fully saturated rings. The first kappa shape index (κ1) is 18.3. The van der Waals surface area contributed by atoms with Gasteiger partial charge in [-0.2, -0.15) is 5.10 Å². The van der Waals surface area contributed by atoms with E-state index in [4.69, 9.17) is 4.74 Å². The summed E-state index contributed by atoms with van der Waals surface area (Å²) in [5.74, 6) is 1.89. The van der Waals surface area contributed by atoms with Gasteiger partial charge in [-0.15, -0.1) is 0 Å². The summed E-state index contributed by atoms with van der Waals surface area (Å²) in [6.07, 6.45) is 4.00. The third kappa shape index (κ3) is 4.37. The van der Waals surface area contributed by atoms with E-state index in [0.717, 1.165) is 30.0 Å². The number of nitrogens with one attached hydrogen (secondary N) is 2. The first-order valence-electron chi connectivity index (χ1n) is 8.91. The smallest absolute Gasteiger partial charge is 0.222 e. The highest BCUT2D eigenvalue weighted by Crippen LogP contribution is 2.36. The van der Waals surface area contributed by atoms with Crippen LogP contribution in [0.1, 0.15) is 42.4 Å². The van der Waals surface area contributed by atoms with E-state index < -0.39 is 0 Å². The summed E-state index contributed by atoms with van der Waals surface area (Å²) in [5.41, 5.74) is 2.08. The molecule has 0 unspecified atom stereocenters. The lowest BCUT2D eigenvalue weighted by molar-refractivity contribution is -0.122. The fourth-order valence-corrected chi connectivity index (χ4v) is 3.17. The van der Waals surface area contributed by atoms with Gasteiger partial charge in [0.25, 0.3) is 0 Å². The summed E-state index contributed by atoms with van der Waals surface area (Å²) >= 11 is 0. The second kappa shape index (κ2) is 8.27. The predicted octanol–water partition coefficient (Wildman–Crippen LogP) is 1.62. The van der Waals surface area contributed by atoms with Crippen molar-refractivity contribution >= 4 is 11.7 Å². The van der Waals surface area contributed by atoms with Crippen LogP contribution in [0.25, 0.3) is 0 Å². The van der Waals surface area contributed by atoms with Gasteiger partial charge in [-0.1, -0.05) is 0 Å². The molecule has 0 bridgehead atoms. The maximum atomic E-state index is 12.1. The summed E-state index contributed by atoms with van der Waals surface area (Å²) in [6, 6.07) is 4.13. The molecule has 1 saturated carbocycles. The molecule has 1 aliphatic carbocycles. The third-order valence-electron chi connectivity index (χ3n) is 4.72. The maximum Gasteiger partial charge on any atom is 0.222 e. The number of hydrogen-bond donors (Lipinski definition) is 2. The number of aryl methyl sites for hydroxylation is 2. The van der Waals surface area contributed by atoms with Gasteiger partial charge >= 0.3 is 0 Å². The van der Waals surface area contributed by atoms with Crippen LogP contribution in [0, 0.1) is 6.92 Å². The van der Waals surface area contributed by atoms with E-state index in [-0.39, 0.29) is 11.9 Å². The molecule has 2 N–H and O–H groups in total. The average Bonchev–Trinajstić information content (AvgIpc) is 3.01. The normalized spacial score (nSPS) is 19.0. The lowest BCUT2D eigenvalue weighted by Crippen LogP contribution is -2.43. The van der Waals surface area contributed by atoms with Crippen molar-refractivity contribution in [1.29, 1.82) is 0 Å². The summed E-state index contributed by atoms with van der Waals surface area (Å²) in [7, 11) is 3.47. The Balaban J connectivity index is 1.48. The van der Waals surface area contributed by atoms with Crippen LogP contribution in [0.4, 0.5) is 5.82 Å². The molecule has 1 aliphatic rings. The minimum atomic E-state index is 0.0713. The van der Waals surface area contributed by atoms with Crippen molar-refractivity contribution in [3.8, 4) is 0 Å². The number of carbonyl (C=O) groups excluding carboxylic acids is 1. The molecule has 0 atom stereocenters. The topological polar surface area (TPSA) is 94.0 Å². The first-order chi connectivity index (χ1) is 12.6. The van der Waals surface area contributed by atoms with Crippen LogP contribution in [0.15, 0.2) is 18.3 Å². The number of nitrogens with zero attached hydrogens (tertiary/aromatic N) is 4. The molecule has 8 heteroatoms. The van der Waals surface area contributed by atoms with Gasteiger partial charge in [0.2, 0.25) is 5.91 Å². The molecule has 0 aromatic carbocycles. The zero-order valence-electron chi connectivity index (χ0n) is 15.5. The number of rotatable bonds is 8. The largest absolute Gasteiger partial charge is 0.377 e. The molecular weight excluding hydrogens is 332 g/mol. The van der Waals surface area contributed by atoms with Crippen LogP contribution in [0.5, 0.6) is 0 Å². The molecule has 2 heterocycles. The van der Waals surface area contributed by atoms with Crippen LogP contribution in [0.2, 0.25) is 0 Å². The van der Waals surface area contributed by atoms with Gasteiger partial charge in [0.15, 0.2) is 5.82 Å². The van der Waals surface area contributed by atoms with Crippen LogP contribution in [-0.2, 0) is 22.7 Å². The SMILES string of the molecule is CNc1cc(C2CC(NC(=O)CCn3nccc3C)C2)nc(COC)n1. The first-order valence-corrected chi connectivity index (χ1v) is 8.91. The number of anilines is 1. The van der Waals surface area contributed by atoms with Crippen molar-refractivity contribution in [1.82, 2.24) is 25.1 Å². The summed E-state index contributed by atoms with van der Waals surface area (Å²) < 4.78 is 6.98. The van der Waals surface area contributed by atoms with Crippen molar-refractivity contribution in [3.05, 3.63) is 35.5 Å². The molecule has 3 rings (SSSR count). The molecular formula is C18H26N6O2. The van der Waals surface area contributed by atoms with Gasteiger partial charge in [0.05, 0.1) is 0 Å². The fourth-order valence-electron chi connectivity index (χ4n) is 3.17. The molecule has 1 amide bonds. The molecule has 2 aromatic heterocycles. The molecule has 0 saturated heterocycles. The molecule has 0 radical (unpaired) electrons. The zero-order chi connectivity index (χ0) is 18.5. The summed E-state index contributed by atoms with van der Waals surface area (Å²) in [4.78, 5) is 21.1. The molecule has 0 spiro atoms. The summed E-state index contributed by atoms with van der Waals surface area (Å²) in [6.45, 7) is 2.99. The Morgan fingerprint density at radius 2 is 2.19 bits per heavy atom. The Hall–Kier alpha value is -2.48. The van der Waals surface area contributed by atoms with Crippen molar-refractivity contribution < 1.29 is 9.53 Å². The highest BCUT2D eigenvalue weighted by molar-refractivity contribution is 5.76. The van der Waals surface area contributed by atoms with Crippen molar-refractivity contribution in [2.45, 2.75) is 51.3 Å². The minimum absolute atomic E-state index is 0.0713. The maximum absolute atomic E-state index is 12.1. The van der Waals surface area contributed by atoms with Gasteiger partial charge in [-0.25, -0.2) is 9.97 Å². The zero-order valence-corrected chi connectivity index (χ0v) is 15.5. The number of carbonyl (C=O) groups is 1. The highest BCUT2D eigenvalue weighted by atomic mass is 16.5. The standard InChI is InChI=1S/C18H26N6O2/c1-12-4-6-20-24(12)7-5-18(25)21-14-8-13(9-14)15-10-16(19-2)23-17(22-15)11-26-3/h4,6,10,13-14H,5,7-9,11H2,1-3H3,(H,21,25)(H,19,22,23). The van der Waals surface area contributed by atoms with Crippen molar-refractivity contribution in [3.63, 3.8) is 0 Å². The van der Waals surface area contributed by atoms with Gasteiger partial charge in [0.1, 0.15) is 12.4 Å². The Kier molecular flexibility index (Phi) is 5.82. The Morgan fingerprint density at radius 3 is 2.85 bits per heavy atom. The molecule has 26 heavy (non-hydrogen) atoms. The number of ether oxygens (including phenoxy) is 1. The van der Waals surface area contributed by atoms with Gasteiger partial charge in [-0.05, 0) is 25.8 Å². The fraction of sp³-hybridized carbons (Fsp3) is 0.556. The minimum Gasteiger partial charge on any atom is -0.377 e. The van der Waals surface area contributed by atoms with Gasteiger partial charge in [-0.3, -0.25) is 9.48 Å². The number of aromatic nitrogens is 4. The van der Waals surface area contributed by atoms with Gasteiger partial charge < -0.3 is 15.4 Å². The lowest BCUT2D eigenvalue weighted by Gasteiger charge is -2.35. The summed E-state index contributed by atoms with van der Waals surface area (Å²) in [5, 5.41) is 10.4. The Labute approximate surface area is 153 Å². The van der Waals surface area contributed by atoms with Crippen LogP contribution >= 0.6 is 0 Å². The van der Waals surface area contributed by atoms with Crippen LogP contribution < -0.4 is 10.6 Å². The second-order valence-electron chi connectivity index (χ2n) is 6.66. The molecule has 2 aromatic rings. The molecule has 140 valence electrons. The van der Waals surface area contributed by atoms with E-state index in [1.807, 2.05) is 30.8 Å². The van der Waals surface area contributed by atoms with Crippen LogP contribution in [0.3, 0.4) is 0 Å². The van der Waals surface area contributed by atoms with Crippen LogP contribution in [-0.4, -0.2) is 45.9 Å². The molecule has 0 aliphatic heterocycles. The van der Waals surface area contributed by atoms with E-state index in [0.29, 0.717) is 31.3 Å². The van der Waals surface area contributed by atoms with E-state index in [1.165, 1.54) is 0 Å². The van der Waals surface area contributed by atoms with Gasteiger partial charge in [0, 0.05) is 62.7 Å². The quantitative estimate of drug-likeness (QED) is 0.745. The van der Waals surface area contributed by atoms with E-state index in [1.54, 1.807) is 13.3 Å². The third-order valence-corrected chi connectivity index (χ3v) is 4.72. The lowest BCUT2D eigenvalue weighted by atomic mass is 9.78. The Morgan fingerprint density at radius 1 is 1.38 bits per heavy atom. The van der Waals surface area contributed by atoms with Crippen molar-refractivity contribution in [2.75, 3.05) is 19.5 Å². The number of amides is 1.